The average molecular weight is 357 g/mol. The van der Waals surface area contributed by atoms with Gasteiger partial charge in [-0.2, -0.15) is 0 Å². The minimum absolute atomic E-state index is 1.01. The third-order valence-electron chi connectivity index (χ3n) is 5.21. The maximum atomic E-state index is 5.52. The van der Waals surface area contributed by atoms with Gasteiger partial charge in [0.25, 0.3) is 0 Å². The molecule has 0 bridgehead atoms. The minimum Gasteiger partial charge on any atom is -0.496 e. The highest BCUT2D eigenvalue weighted by Crippen LogP contribution is 2.28. The van der Waals surface area contributed by atoms with Crippen molar-refractivity contribution < 1.29 is 4.74 Å². The number of unbranched alkanes of at least 4 members (excludes halogenated alkanes) is 1. The van der Waals surface area contributed by atoms with Crippen molar-refractivity contribution in [3.05, 3.63) is 53.3 Å². The molecule has 2 rings (SSSR count). The molecule has 0 amide bonds. The fourth-order valence-corrected chi connectivity index (χ4v) is 3.54. The van der Waals surface area contributed by atoms with Crippen LogP contribution < -0.4 is 0 Å². The third-order valence-corrected chi connectivity index (χ3v) is 5.21. The summed E-state index contributed by atoms with van der Waals surface area (Å²) in [4.78, 5) is 4.93. The average Bonchev–Trinajstić information content (AvgIpc) is 2.68. The molecule has 26 heavy (non-hydrogen) atoms. The molecular formula is C23H36N2O. The van der Waals surface area contributed by atoms with E-state index in [0.29, 0.717) is 0 Å². The van der Waals surface area contributed by atoms with Crippen molar-refractivity contribution >= 4 is 5.57 Å². The Labute approximate surface area is 160 Å². The second-order valence-electron chi connectivity index (χ2n) is 7.14. The van der Waals surface area contributed by atoms with Gasteiger partial charge in [0, 0.05) is 12.1 Å². The number of hydrogen-bond donors (Lipinski definition) is 0. The number of ether oxygens (including phenoxy) is 1. The molecule has 1 aromatic carbocycles. The number of methoxy groups -OCH3 is 1. The molecule has 1 aliphatic rings. The Morgan fingerprint density at radius 3 is 2.23 bits per heavy atom. The molecular weight excluding hydrogens is 320 g/mol. The highest BCUT2D eigenvalue weighted by Gasteiger charge is 2.11. The van der Waals surface area contributed by atoms with Crippen molar-refractivity contribution in [3.63, 3.8) is 0 Å². The Kier molecular flexibility index (Phi) is 8.93. The molecule has 1 aromatic rings. The van der Waals surface area contributed by atoms with Crippen molar-refractivity contribution in [2.45, 2.75) is 46.1 Å². The lowest BCUT2D eigenvalue weighted by molar-refractivity contribution is 0.274. The number of benzene rings is 1. The lowest BCUT2D eigenvalue weighted by Gasteiger charge is -2.20. The second-order valence-corrected chi connectivity index (χ2v) is 7.14. The van der Waals surface area contributed by atoms with Gasteiger partial charge in [-0.25, -0.2) is 0 Å². The first-order valence-corrected chi connectivity index (χ1v) is 10.1. The van der Waals surface area contributed by atoms with Gasteiger partial charge in [-0.3, -0.25) is 0 Å². The van der Waals surface area contributed by atoms with Crippen LogP contribution in [0.2, 0.25) is 0 Å². The fraction of sp³-hybridized carbons (Fsp3) is 0.565. The van der Waals surface area contributed by atoms with Gasteiger partial charge in [-0.1, -0.05) is 44.2 Å². The molecule has 1 aliphatic carbocycles. The van der Waals surface area contributed by atoms with Crippen molar-refractivity contribution in [2.75, 3.05) is 40.3 Å². The van der Waals surface area contributed by atoms with Crippen LogP contribution in [0.3, 0.4) is 0 Å². The first-order valence-electron chi connectivity index (χ1n) is 10.1. The first kappa shape index (κ1) is 20.7. The topological polar surface area (TPSA) is 15.7 Å². The van der Waals surface area contributed by atoms with Crippen molar-refractivity contribution in [1.82, 2.24) is 9.80 Å². The summed E-state index contributed by atoms with van der Waals surface area (Å²) in [6.45, 7) is 10.2. The van der Waals surface area contributed by atoms with Gasteiger partial charge in [0.05, 0.1) is 7.11 Å². The van der Waals surface area contributed by atoms with Crippen LogP contribution in [0.25, 0.3) is 5.57 Å². The number of allylic oxidation sites excluding steroid dienone is 3. The molecule has 0 spiro atoms. The van der Waals surface area contributed by atoms with E-state index in [-0.39, 0.29) is 0 Å². The monoisotopic (exact) mass is 356 g/mol. The van der Waals surface area contributed by atoms with E-state index in [2.05, 4.69) is 67.1 Å². The van der Waals surface area contributed by atoms with Gasteiger partial charge in [0.2, 0.25) is 0 Å². The van der Waals surface area contributed by atoms with Gasteiger partial charge >= 0.3 is 0 Å². The molecule has 0 radical (unpaired) electrons. The van der Waals surface area contributed by atoms with Gasteiger partial charge in [-0.15, -0.1) is 0 Å². The second kappa shape index (κ2) is 11.2. The Balaban J connectivity index is 1.80. The van der Waals surface area contributed by atoms with E-state index in [4.69, 9.17) is 4.74 Å². The van der Waals surface area contributed by atoms with Crippen LogP contribution in [0, 0.1) is 0 Å². The zero-order chi connectivity index (χ0) is 18.8. The summed E-state index contributed by atoms with van der Waals surface area (Å²) in [6.07, 6.45) is 9.19. The van der Waals surface area contributed by atoms with E-state index >= 15 is 0 Å². The van der Waals surface area contributed by atoms with Crippen LogP contribution in [-0.2, 0) is 11.3 Å². The van der Waals surface area contributed by atoms with E-state index < -0.39 is 0 Å². The lowest BCUT2D eigenvalue weighted by Crippen LogP contribution is -2.25. The quantitative estimate of drug-likeness (QED) is 0.522. The molecule has 0 N–H and O–H groups in total. The molecule has 0 unspecified atom stereocenters. The molecule has 3 heteroatoms. The Morgan fingerprint density at radius 2 is 1.58 bits per heavy atom. The molecule has 0 atom stereocenters. The summed E-state index contributed by atoms with van der Waals surface area (Å²) in [5.41, 5.74) is 3.86. The molecule has 0 saturated heterocycles. The first-order chi connectivity index (χ1) is 12.7. The summed E-state index contributed by atoms with van der Waals surface area (Å²) < 4.78 is 5.52. The Morgan fingerprint density at radius 1 is 0.923 bits per heavy atom. The zero-order valence-corrected chi connectivity index (χ0v) is 17.1. The molecule has 144 valence electrons. The highest BCUT2D eigenvalue weighted by atomic mass is 16.5. The standard InChI is InChI=1S/C23H36N2O/c1-5-25(6-2)18-10-9-17-24(3)19-20-13-15-21(16-14-20)22-11-7-8-12-23(22)26-4/h11-16H,5-10,17-19H2,1-4H3. The number of rotatable bonds is 11. The molecule has 0 fully saturated rings. The largest absolute Gasteiger partial charge is 0.496 e. The summed E-state index contributed by atoms with van der Waals surface area (Å²) in [7, 11) is 3.98. The van der Waals surface area contributed by atoms with Crippen LogP contribution in [0.5, 0.6) is 0 Å². The fourth-order valence-electron chi connectivity index (χ4n) is 3.54. The summed E-state index contributed by atoms with van der Waals surface area (Å²) in [6, 6.07) is 8.97. The highest BCUT2D eigenvalue weighted by molar-refractivity contribution is 5.78. The minimum atomic E-state index is 1.01. The van der Waals surface area contributed by atoms with Gasteiger partial charge < -0.3 is 14.5 Å². The predicted octanol–water partition coefficient (Wildman–Crippen LogP) is 4.95. The Hall–Kier alpha value is -1.58. The van der Waals surface area contributed by atoms with Crippen molar-refractivity contribution in [3.8, 4) is 0 Å². The van der Waals surface area contributed by atoms with Crippen LogP contribution in [-0.4, -0.2) is 50.1 Å². The zero-order valence-electron chi connectivity index (χ0n) is 17.1. The summed E-state index contributed by atoms with van der Waals surface area (Å²) in [5, 5.41) is 0. The maximum absolute atomic E-state index is 5.52. The SMILES string of the molecule is CCN(CC)CCCCN(C)Cc1ccc(C2=CCCC=C2OC)cc1. The maximum Gasteiger partial charge on any atom is 0.122 e. The Bertz CT molecular complexity index is 585. The van der Waals surface area contributed by atoms with Crippen LogP contribution in [0.15, 0.2) is 42.2 Å². The number of hydrogen-bond acceptors (Lipinski definition) is 3. The van der Waals surface area contributed by atoms with E-state index in [0.717, 1.165) is 44.8 Å². The van der Waals surface area contributed by atoms with E-state index in [1.54, 1.807) is 7.11 Å². The molecule has 0 heterocycles. The smallest absolute Gasteiger partial charge is 0.122 e. The molecule has 0 aromatic heterocycles. The van der Waals surface area contributed by atoms with Gasteiger partial charge in [0.15, 0.2) is 0 Å². The third kappa shape index (κ3) is 6.30. The van der Waals surface area contributed by atoms with Crippen LogP contribution in [0.4, 0.5) is 0 Å². The van der Waals surface area contributed by atoms with Crippen molar-refractivity contribution in [1.29, 1.82) is 0 Å². The van der Waals surface area contributed by atoms with E-state index in [9.17, 15) is 0 Å². The van der Waals surface area contributed by atoms with E-state index in [1.165, 1.54) is 36.1 Å². The predicted molar refractivity (Wildman–Crippen MR) is 112 cm³/mol. The lowest BCUT2D eigenvalue weighted by atomic mass is 9.97. The van der Waals surface area contributed by atoms with E-state index in [1.807, 2.05) is 0 Å². The van der Waals surface area contributed by atoms with Gasteiger partial charge in [-0.05, 0) is 76.1 Å². The van der Waals surface area contributed by atoms with Gasteiger partial charge in [0.1, 0.15) is 5.76 Å². The summed E-state index contributed by atoms with van der Waals surface area (Å²) >= 11 is 0. The normalized spacial score (nSPS) is 14.5. The number of nitrogens with zero attached hydrogens (tertiary/aromatic N) is 2. The summed E-state index contributed by atoms with van der Waals surface area (Å²) in [5.74, 6) is 1.01. The molecule has 0 aliphatic heterocycles. The van der Waals surface area contributed by atoms with Crippen LogP contribution in [0.1, 0.15) is 50.7 Å². The molecule has 0 saturated carbocycles. The molecule has 3 nitrogen and oxygen atoms in total. The van der Waals surface area contributed by atoms with Crippen molar-refractivity contribution in [2.24, 2.45) is 0 Å². The van der Waals surface area contributed by atoms with Crippen LogP contribution >= 0.6 is 0 Å².